The van der Waals surface area contributed by atoms with Crippen LogP contribution in [0, 0.1) is 0 Å². The number of hydrogen-bond acceptors (Lipinski definition) is 4. The van der Waals surface area contributed by atoms with Crippen LogP contribution in [0.4, 0.5) is 4.79 Å². The minimum Gasteiger partial charge on any atom is -0.465 e. The maximum Gasteiger partial charge on any atom is 0.505 e. The maximum absolute atomic E-state index is 11.9. The van der Waals surface area contributed by atoms with Gasteiger partial charge in [0.05, 0.1) is 19.3 Å². The molecule has 5 nitrogen and oxygen atoms in total. The van der Waals surface area contributed by atoms with Gasteiger partial charge in [-0.25, -0.2) is 9.59 Å². The van der Waals surface area contributed by atoms with Crippen LogP contribution in [-0.4, -0.2) is 30.9 Å². The third-order valence-corrected chi connectivity index (χ3v) is 8.49. The lowest BCUT2D eigenvalue weighted by Crippen LogP contribution is -2.05. The number of rotatable bonds is 30. The molecule has 1 rings (SSSR count). The van der Waals surface area contributed by atoms with Crippen LogP contribution in [0.25, 0.3) is 0 Å². The monoisotopic (exact) mass is 588 g/mol. The quantitative estimate of drug-likeness (QED) is 0.0714. The molecule has 0 aromatic heterocycles. The zero-order chi connectivity index (χ0) is 30.4. The van der Waals surface area contributed by atoms with Crippen LogP contribution in [0.15, 0.2) is 24.3 Å². The van der Waals surface area contributed by atoms with E-state index in [-0.39, 0.29) is 5.97 Å². The molecule has 0 saturated carbocycles. The van der Waals surface area contributed by atoms with Crippen molar-refractivity contribution < 1.29 is 24.2 Å². The molecule has 0 aliphatic carbocycles. The predicted octanol–water partition coefficient (Wildman–Crippen LogP) is 11.9. The van der Waals surface area contributed by atoms with Crippen LogP contribution < -0.4 is 0 Å². The average molecular weight is 589 g/mol. The van der Waals surface area contributed by atoms with Crippen molar-refractivity contribution in [2.75, 3.05) is 13.7 Å². The Bertz CT molecular complexity index is 762. The summed E-state index contributed by atoms with van der Waals surface area (Å²) in [4.78, 5) is 22.1. The Hall–Kier alpha value is -2.04. The summed E-state index contributed by atoms with van der Waals surface area (Å²) >= 11 is 0. The summed E-state index contributed by atoms with van der Waals surface area (Å²) in [6.07, 6.45) is 34.5. The van der Waals surface area contributed by atoms with Crippen LogP contribution in [0.1, 0.15) is 183 Å². The highest BCUT2D eigenvalue weighted by molar-refractivity contribution is 5.90. The van der Waals surface area contributed by atoms with Gasteiger partial charge in [0.15, 0.2) is 0 Å². The number of methoxy groups -OCH3 is 1. The van der Waals surface area contributed by atoms with Crippen LogP contribution >= 0.6 is 0 Å². The number of carboxylic acid groups (broad SMARTS) is 1. The van der Waals surface area contributed by atoms with E-state index in [1.54, 1.807) is 0 Å². The minimum atomic E-state index is -1.16. The van der Waals surface area contributed by atoms with Crippen molar-refractivity contribution >= 4 is 12.1 Å². The summed E-state index contributed by atoms with van der Waals surface area (Å²) in [7, 11) is 1.45. The van der Waals surface area contributed by atoms with Gasteiger partial charge >= 0.3 is 12.1 Å². The largest absolute Gasteiger partial charge is 0.505 e. The zero-order valence-corrected chi connectivity index (χ0v) is 27.2. The van der Waals surface area contributed by atoms with E-state index in [0.29, 0.717) is 6.61 Å². The minimum absolute atomic E-state index is 0.222. The van der Waals surface area contributed by atoms with Crippen LogP contribution in [0.3, 0.4) is 0 Å². The number of carbonyl (C=O) groups excluding carboxylic acids is 1. The molecule has 42 heavy (non-hydrogen) atoms. The Balaban J connectivity index is 1.71. The van der Waals surface area contributed by atoms with Gasteiger partial charge in [-0.2, -0.15) is 0 Å². The number of aryl methyl sites for hydroxylation is 1. The SMILES string of the molecule is COC(=O)c1ccccc1CCCCCCCCCCCCCCCCCCCCCCCCCCCCOC(=O)O. The second-order valence-corrected chi connectivity index (χ2v) is 12.2. The third-order valence-electron chi connectivity index (χ3n) is 8.49. The number of hydrogen-bond donors (Lipinski definition) is 1. The van der Waals surface area contributed by atoms with E-state index in [0.717, 1.165) is 36.8 Å². The number of benzene rings is 1. The van der Waals surface area contributed by atoms with Gasteiger partial charge in [-0.3, -0.25) is 0 Å². The van der Waals surface area contributed by atoms with Crippen LogP contribution in [-0.2, 0) is 15.9 Å². The summed E-state index contributed by atoms with van der Waals surface area (Å²) in [6, 6.07) is 7.83. The van der Waals surface area contributed by atoms with Gasteiger partial charge in [0.1, 0.15) is 0 Å². The highest BCUT2D eigenvalue weighted by atomic mass is 16.7. The molecule has 0 heterocycles. The van der Waals surface area contributed by atoms with Gasteiger partial charge in [0, 0.05) is 0 Å². The molecule has 1 aromatic carbocycles. The molecule has 0 aliphatic heterocycles. The van der Waals surface area contributed by atoms with Gasteiger partial charge in [0.25, 0.3) is 0 Å². The summed E-state index contributed by atoms with van der Waals surface area (Å²) < 4.78 is 9.42. The van der Waals surface area contributed by atoms with E-state index in [9.17, 15) is 9.59 Å². The number of unbranched alkanes of at least 4 members (excludes halogenated alkanes) is 25. The Morgan fingerprint density at radius 3 is 1.21 bits per heavy atom. The molecule has 0 saturated heterocycles. The molecular formula is C37H64O5. The van der Waals surface area contributed by atoms with Crippen molar-refractivity contribution in [2.24, 2.45) is 0 Å². The molecule has 0 aliphatic rings. The van der Waals surface area contributed by atoms with Gasteiger partial charge in [0.2, 0.25) is 0 Å². The molecule has 0 radical (unpaired) electrons. The molecule has 0 amide bonds. The van der Waals surface area contributed by atoms with Crippen molar-refractivity contribution in [3.05, 3.63) is 35.4 Å². The first-order valence-electron chi connectivity index (χ1n) is 17.7. The summed E-state index contributed by atoms with van der Waals surface area (Å²) in [5, 5.41) is 8.41. The van der Waals surface area contributed by atoms with Gasteiger partial charge in [-0.15, -0.1) is 0 Å². The molecule has 0 atom stereocenters. The molecule has 1 N–H and O–H groups in total. The Morgan fingerprint density at radius 2 is 0.857 bits per heavy atom. The molecule has 0 fully saturated rings. The van der Waals surface area contributed by atoms with Crippen molar-refractivity contribution in [3.8, 4) is 0 Å². The Kier molecular flexibility index (Phi) is 26.3. The zero-order valence-electron chi connectivity index (χ0n) is 27.2. The fourth-order valence-corrected chi connectivity index (χ4v) is 5.87. The van der Waals surface area contributed by atoms with E-state index in [1.165, 1.54) is 155 Å². The van der Waals surface area contributed by atoms with Crippen molar-refractivity contribution in [1.29, 1.82) is 0 Å². The van der Waals surface area contributed by atoms with E-state index >= 15 is 0 Å². The normalized spacial score (nSPS) is 11.1. The Morgan fingerprint density at radius 1 is 0.524 bits per heavy atom. The molecular weight excluding hydrogens is 524 g/mol. The maximum atomic E-state index is 11.9. The number of ether oxygens (including phenoxy) is 2. The molecule has 5 heteroatoms. The van der Waals surface area contributed by atoms with Gasteiger partial charge in [-0.05, 0) is 30.9 Å². The lowest BCUT2D eigenvalue weighted by atomic mass is 10.00. The summed E-state index contributed by atoms with van der Waals surface area (Å²) in [5.41, 5.74) is 1.84. The molecule has 0 bridgehead atoms. The fourth-order valence-electron chi connectivity index (χ4n) is 5.87. The van der Waals surface area contributed by atoms with Crippen molar-refractivity contribution in [1.82, 2.24) is 0 Å². The lowest BCUT2D eigenvalue weighted by Gasteiger charge is -2.07. The fraction of sp³-hybridized carbons (Fsp3) is 0.784. The third kappa shape index (κ3) is 23.5. The summed E-state index contributed by atoms with van der Waals surface area (Å²) in [5.74, 6) is -0.222. The molecule has 0 spiro atoms. The van der Waals surface area contributed by atoms with E-state index in [4.69, 9.17) is 9.84 Å². The van der Waals surface area contributed by atoms with E-state index in [1.807, 2.05) is 18.2 Å². The highest BCUT2D eigenvalue weighted by Crippen LogP contribution is 2.17. The first-order valence-corrected chi connectivity index (χ1v) is 17.7. The van der Waals surface area contributed by atoms with Crippen LogP contribution in [0.2, 0.25) is 0 Å². The second-order valence-electron chi connectivity index (χ2n) is 12.2. The Labute approximate surface area is 258 Å². The number of esters is 1. The second kappa shape index (κ2) is 29.1. The van der Waals surface area contributed by atoms with E-state index < -0.39 is 6.16 Å². The first kappa shape index (κ1) is 38.0. The lowest BCUT2D eigenvalue weighted by molar-refractivity contribution is 0.0599. The standard InChI is InChI=1S/C37H64O5/c1-41-36(38)35-32-28-27-31-34(35)30-26-24-22-20-18-16-14-12-10-8-6-4-2-3-5-7-9-11-13-15-17-19-21-23-25-29-33-42-37(39)40/h27-28,31-32H,2-26,29-30,33H2,1H3,(H,39,40). The molecule has 0 unspecified atom stereocenters. The predicted molar refractivity (Wildman–Crippen MR) is 176 cm³/mol. The average Bonchev–Trinajstić information content (AvgIpc) is 3.00. The summed E-state index contributed by atoms with van der Waals surface area (Å²) in [6.45, 7) is 0.346. The van der Waals surface area contributed by atoms with Crippen LogP contribution in [0.5, 0.6) is 0 Å². The van der Waals surface area contributed by atoms with Gasteiger partial charge in [-0.1, -0.05) is 172 Å². The van der Waals surface area contributed by atoms with Gasteiger partial charge < -0.3 is 14.6 Å². The highest BCUT2D eigenvalue weighted by Gasteiger charge is 2.10. The number of carbonyl (C=O) groups is 2. The van der Waals surface area contributed by atoms with Crippen molar-refractivity contribution in [2.45, 2.75) is 173 Å². The van der Waals surface area contributed by atoms with Crippen molar-refractivity contribution in [3.63, 3.8) is 0 Å². The first-order chi connectivity index (χ1) is 20.6. The van der Waals surface area contributed by atoms with E-state index in [2.05, 4.69) is 10.8 Å². The molecule has 242 valence electrons. The molecule has 1 aromatic rings. The smallest absolute Gasteiger partial charge is 0.465 e. The topological polar surface area (TPSA) is 72.8 Å².